The molecule has 2 aromatic carbocycles. The van der Waals surface area contributed by atoms with E-state index in [-0.39, 0.29) is 18.1 Å². The standard InChI is InChI=1S/C16H15Cl2N3O3/c17-12-5-4-11(15(18)8-12)6-7-19-16(22)10-20-13-2-1-3-14(9-13)21(23)24/h1-5,8-9,20H,6-7,10H2,(H,19,22). The molecule has 24 heavy (non-hydrogen) atoms. The van der Waals surface area contributed by atoms with Gasteiger partial charge in [-0.1, -0.05) is 35.3 Å². The molecule has 2 N–H and O–H groups in total. The molecule has 0 unspecified atom stereocenters. The van der Waals surface area contributed by atoms with Crippen molar-refractivity contribution in [3.63, 3.8) is 0 Å². The SMILES string of the molecule is O=C(CNc1cccc([N+](=O)[O-])c1)NCCc1ccc(Cl)cc1Cl. The molecular weight excluding hydrogens is 353 g/mol. The molecule has 0 bridgehead atoms. The zero-order valence-corrected chi connectivity index (χ0v) is 14.1. The van der Waals surface area contributed by atoms with Crippen molar-refractivity contribution in [1.82, 2.24) is 5.32 Å². The second-order valence-electron chi connectivity index (χ2n) is 5.00. The Labute approximate surface area is 148 Å². The van der Waals surface area contributed by atoms with Crippen molar-refractivity contribution in [3.8, 4) is 0 Å². The number of hydrogen-bond donors (Lipinski definition) is 2. The maximum Gasteiger partial charge on any atom is 0.271 e. The van der Waals surface area contributed by atoms with Gasteiger partial charge >= 0.3 is 0 Å². The average Bonchev–Trinajstić information content (AvgIpc) is 2.55. The van der Waals surface area contributed by atoms with Crippen LogP contribution >= 0.6 is 23.2 Å². The molecule has 0 saturated carbocycles. The molecule has 0 saturated heterocycles. The number of nitrogens with zero attached hydrogens (tertiary/aromatic N) is 1. The van der Waals surface area contributed by atoms with Gasteiger partial charge in [-0.2, -0.15) is 0 Å². The Balaban J connectivity index is 1.77. The number of amides is 1. The van der Waals surface area contributed by atoms with Gasteiger partial charge in [0.2, 0.25) is 5.91 Å². The van der Waals surface area contributed by atoms with Crippen molar-refractivity contribution in [2.45, 2.75) is 6.42 Å². The van der Waals surface area contributed by atoms with Crippen LogP contribution in [-0.4, -0.2) is 23.9 Å². The van der Waals surface area contributed by atoms with Gasteiger partial charge in [0.25, 0.3) is 5.69 Å². The van der Waals surface area contributed by atoms with E-state index in [1.54, 1.807) is 24.3 Å². The van der Waals surface area contributed by atoms with Crippen LogP contribution in [0.5, 0.6) is 0 Å². The Morgan fingerprint density at radius 3 is 2.67 bits per heavy atom. The molecule has 0 atom stereocenters. The highest BCUT2D eigenvalue weighted by Gasteiger charge is 2.07. The lowest BCUT2D eigenvalue weighted by molar-refractivity contribution is -0.384. The summed E-state index contributed by atoms with van der Waals surface area (Å²) in [6.07, 6.45) is 0.582. The Kier molecular flexibility index (Phi) is 6.40. The van der Waals surface area contributed by atoms with E-state index in [1.807, 2.05) is 6.07 Å². The topological polar surface area (TPSA) is 84.3 Å². The summed E-state index contributed by atoms with van der Waals surface area (Å²) in [5.41, 5.74) is 1.38. The summed E-state index contributed by atoms with van der Waals surface area (Å²) in [5.74, 6) is -0.216. The summed E-state index contributed by atoms with van der Waals surface area (Å²) >= 11 is 11.9. The highest BCUT2D eigenvalue weighted by atomic mass is 35.5. The van der Waals surface area contributed by atoms with E-state index in [4.69, 9.17) is 23.2 Å². The predicted octanol–water partition coefficient (Wildman–Crippen LogP) is 3.67. The highest BCUT2D eigenvalue weighted by Crippen LogP contribution is 2.21. The number of rotatable bonds is 7. The summed E-state index contributed by atoms with van der Waals surface area (Å²) in [6.45, 7) is 0.451. The molecule has 0 fully saturated rings. The third kappa shape index (κ3) is 5.40. The van der Waals surface area contributed by atoms with Gasteiger partial charge < -0.3 is 10.6 Å². The largest absolute Gasteiger partial charge is 0.376 e. The Bertz CT molecular complexity index is 753. The normalized spacial score (nSPS) is 10.2. The van der Waals surface area contributed by atoms with Gasteiger partial charge in [0, 0.05) is 34.4 Å². The Morgan fingerprint density at radius 2 is 1.96 bits per heavy atom. The van der Waals surface area contributed by atoms with Crippen LogP contribution in [0.3, 0.4) is 0 Å². The molecule has 2 aromatic rings. The van der Waals surface area contributed by atoms with E-state index in [0.29, 0.717) is 28.7 Å². The van der Waals surface area contributed by atoms with E-state index in [9.17, 15) is 14.9 Å². The Morgan fingerprint density at radius 1 is 1.17 bits per heavy atom. The van der Waals surface area contributed by atoms with Crippen molar-refractivity contribution in [1.29, 1.82) is 0 Å². The van der Waals surface area contributed by atoms with Gasteiger partial charge in [-0.05, 0) is 30.2 Å². The lowest BCUT2D eigenvalue weighted by Crippen LogP contribution is -2.31. The van der Waals surface area contributed by atoms with Crippen molar-refractivity contribution in [3.05, 3.63) is 68.2 Å². The summed E-state index contributed by atoms with van der Waals surface area (Å²) in [5, 5.41) is 17.4. The van der Waals surface area contributed by atoms with Crippen LogP contribution in [0.25, 0.3) is 0 Å². The molecule has 0 radical (unpaired) electrons. The Hall–Kier alpha value is -2.31. The molecule has 126 valence electrons. The number of halogens is 2. The quantitative estimate of drug-likeness (QED) is 0.577. The fraction of sp³-hybridized carbons (Fsp3) is 0.188. The highest BCUT2D eigenvalue weighted by molar-refractivity contribution is 6.35. The summed E-state index contributed by atoms with van der Waals surface area (Å²) < 4.78 is 0. The van der Waals surface area contributed by atoms with E-state index in [1.165, 1.54) is 12.1 Å². The third-order valence-electron chi connectivity index (χ3n) is 3.24. The molecular formula is C16H15Cl2N3O3. The van der Waals surface area contributed by atoms with E-state index in [0.717, 1.165) is 5.56 Å². The second-order valence-corrected chi connectivity index (χ2v) is 5.84. The van der Waals surface area contributed by atoms with Gasteiger partial charge in [0.15, 0.2) is 0 Å². The van der Waals surface area contributed by atoms with Crippen LogP contribution in [0.15, 0.2) is 42.5 Å². The third-order valence-corrected chi connectivity index (χ3v) is 3.83. The number of nitro benzene ring substituents is 1. The van der Waals surface area contributed by atoms with Gasteiger partial charge in [-0.25, -0.2) is 0 Å². The minimum absolute atomic E-state index is 0.0233. The van der Waals surface area contributed by atoms with Gasteiger partial charge in [-0.15, -0.1) is 0 Å². The molecule has 8 heteroatoms. The number of nitro groups is 1. The summed E-state index contributed by atoms with van der Waals surface area (Å²) in [4.78, 5) is 22.0. The number of carbonyl (C=O) groups is 1. The fourth-order valence-electron chi connectivity index (χ4n) is 2.04. The monoisotopic (exact) mass is 367 g/mol. The first-order chi connectivity index (χ1) is 11.5. The molecule has 0 aliphatic heterocycles. The number of nitrogens with one attached hydrogen (secondary N) is 2. The number of carbonyl (C=O) groups excluding carboxylic acids is 1. The van der Waals surface area contributed by atoms with Gasteiger partial charge in [0.1, 0.15) is 0 Å². The molecule has 0 heterocycles. The van der Waals surface area contributed by atoms with Crippen molar-refractivity contribution >= 4 is 40.5 Å². The maximum absolute atomic E-state index is 11.8. The number of anilines is 1. The maximum atomic E-state index is 11.8. The van der Waals surface area contributed by atoms with Crippen LogP contribution in [0, 0.1) is 10.1 Å². The molecule has 1 amide bonds. The van der Waals surface area contributed by atoms with Crippen molar-refractivity contribution < 1.29 is 9.72 Å². The fourth-order valence-corrected chi connectivity index (χ4v) is 2.54. The van der Waals surface area contributed by atoms with Crippen LogP contribution < -0.4 is 10.6 Å². The predicted molar refractivity (Wildman–Crippen MR) is 94.8 cm³/mol. The molecule has 2 rings (SSSR count). The van der Waals surface area contributed by atoms with E-state index in [2.05, 4.69) is 10.6 Å². The van der Waals surface area contributed by atoms with Crippen molar-refractivity contribution in [2.75, 3.05) is 18.4 Å². The smallest absolute Gasteiger partial charge is 0.271 e. The zero-order valence-electron chi connectivity index (χ0n) is 12.6. The molecule has 0 aliphatic rings. The number of hydrogen-bond acceptors (Lipinski definition) is 4. The number of non-ortho nitro benzene ring substituents is 1. The first-order valence-corrected chi connectivity index (χ1v) is 7.90. The number of benzene rings is 2. The molecule has 0 aromatic heterocycles. The molecule has 0 aliphatic carbocycles. The van der Waals surface area contributed by atoms with Gasteiger partial charge in [-0.3, -0.25) is 14.9 Å². The molecule has 6 nitrogen and oxygen atoms in total. The van der Waals surface area contributed by atoms with E-state index >= 15 is 0 Å². The molecule has 0 spiro atoms. The van der Waals surface area contributed by atoms with Crippen LogP contribution in [-0.2, 0) is 11.2 Å². The first-order valence-electron chi connectivity index (χ1n) is 7.14. The minimum atomic E-state index is -0.485. The van der Waals surface area contributed by atoms with Crippen LogP contribution in [0.4, 0.5) is 11.4 Å². The van der Waals surface area contributed by atoms with Crippen LogP contribution in [0.1, 0.15) is 5.56 Å². The van der Waals surface area contributed by atoms with E-state index < -0.39 is 4.92 Å². The lowest BCUT2D eigenvalue weighted by Gasteiger charge is -2.09. The average molecular weight is 368 g/mol. The second kappa shape index (κ2) is 8.52. The summed E-state index contributed by atoms with van der Waals surface area (Å²) in [7, 11) is 0. The lowest BCUT2D eigenvalue weighted by atomic mass is 10.1. The van der Waals surface area contributed by atoms with Crippen molar-refractivity contribution in [2.24, 2.45) is 0 Å². The summed E-state index contributed by atoms with van der Waals surface area (Å²) in [6, 6.07) is 11.2. The minimum Gasteiger partial charge on any atom is -0.376 e. The van der Waals surface area contributed by atoms with Gasteiger partial charge in [0.05, 0.1) is 11.5 Å². The van der Waals surface area contributed by atoms with Crippen LogP contribution in [0.2, 0.25) is 10.0 Å². The first kappa shape index (κ1) is 18.0. The zero-order chi connectivity index (χ0) is 17.5.